The topological polar surface area (TPSA) is 49.8 Å². The predicted octanol–water partition coefficient (Wildman–Crippen LogP) is 1.54. The number of hydrogen-bond donors (Lipinski definition) is 2. The summed E-state index contributed by atoms with van der Waals surface area (Å²) in [5.41, 5.74) is -0.00306. The quantitative estimate of drug-likeness (QED) is 0.866. The number of aromatic nitrogens is 2. The maximum atomic E-state index is 12.1. The molecule has 1 aromatic heterocycles. The fourth-order valence-corrected chi connectivity index (χ4v) is 2.87. The second-order valence-electron chi connectivity index (χ2n) is 5.94. The molecule has 2 N–H and O–H groups in total. The molecular formula is C16H28ClN3O. The van der Waals surface area contributed by atoms with E-state index in [-0.39, 0.29) is 18.1 Å². The van der Waals surface area contributed by atoms with E-state index in [0.29, 0.717) is 6.04 Å². The number of nitrogens with one attached hydrogen (secondary N) is 2. The Morgan fingerprint density at radius 1 is 1.43 bits per heavy atom. The number of hydrogen-bond acceptors (Lipinski definition) is 2. The van der Waals surface area contributed by atoms with E-state index >= 15 is 0 Å². The Morgan fingerprint density at radius 2 is 2.10 bits per heavy atom. The lowest BCUT2D eigenvalue weighted by Crippen LogP contribution is -2.39. The van der Waals surface area contributed by atoms with Crippen LogP contribution < -0.4 is 21.7 Å². The third-order valence-corrected chi connectivity index (χ3v) is 4.41. The van der Waals surface area contributed by atoms with Crippen LogP contribution in [0.15, 0.2) is 4.79 Å². The SMILES string of the molecule is C=c1[nH]c(=O)n(C2CCNCC2)/c1=C/CCC(C)CC.Cl. The molecule has 1 aliphatic heterocycles. The molecule has 1 aromatic rings. The molecular weight excluding hydrogens is 286 g/mol. The summed E-state index contributed by atoms with van der Waals surface area (Å²) in [6.45, 7) is 10.5. The molecule has 1 aliphatic rings. The molecule has 0 aromatic carbocycles. The summed E-state index contributed by atoms with van der Waals surface area (Å²) in [6, 6.07) is 0.311. The van der Waals surface area contributed by atoms with Gasteiger partial charge in [0.2, 0.25) is 0 Å². The molecule has 0 saturated carbocycles. The van der Waals surface area contributed by atoms with Crippen molar-refractivity contribution in [1.29, 1.82) is 0 Å². The van der Waals surface area contributed by atoms with Crippen molar-refractivity contribution in [2.45, 2.75) is 52.0 Å². The third kappa shape index (κ3) is 4.48. The summed E-state index contributed by atoms with van der Waals surface area (Å²) in [4.78, 5) is 15.0. The van der Waals surface area contributed by atoms with Gasteiger partial charge in [0, 0.05) is 6.04 Å². The highest BCUT2D eigenvalue weighted by Gasteiger charge is 2.17. The molecule has 4 nitrogen and oxygen atoms in total. The average molecular weight is 314 g/mol. The van der Waals surface area contributed by atoms with Gasteiger partial charge in [0.1, 0.15) is 0 Å². The second-order valence-corrected chi connectivity index (χ2v) is 5.94. The van der Waals surface area contributed by atoms with E-state index in [4.69, 9.17) is 0 Å². The summed E-state index contributed by atoms with van der Waals surface area (Å²) in [5.74, 6) is 0.734. The highest BCUT2D eigenvalue weighted by Crippen LogP contribution is 2.14. The van der Waals surface area contributed by atoms with Crippen molar-refractivity contribution >= 4 is 25.1 Å². The summed E-state index contributed by atoms with van der Waals surface area (Å²) >= 11 is 0. The fourth-order valence-electron chi connectivity index (χ4n) is 2.87. The highest BCUT2D eigenvalue weighted by atomic mass is 35.5. The minimum absolute atomic E-state index is 0. The van der Waals surface area contributed by atoms with Crippen LogP contribution in [0.25, 0.3) is 12.7 Å². The van der Waals surface area contributed by atoms with Crippen LogP contribution in [0.1, 0.15) is 52.0 Å². The first-order valence-electron chi connectivity index (χ1n) is 7.83. The zero-order chi connectivity index (χ0) is 14.5. The number of piperidine rings is 1. The van der Waals surface area contributed by atoms with Gasteiger partial charge in [-0.3, -0.25) is 4.57 Å². The lowest BCUT2D eigenvalue weighted by atomic mass is 10.0. The van der Waals surface area contributed by atoms with Gasteiger partial charge in [-0.25, -0.2) is 4.79 Å². The third-order valence-electron chi connectivity index (χ3n) is 4.41. The largest absolute Gasteiger partial charge is 0.326 e. The molecule has 0 bridgehead atoms. The van der Waals surface area contributed by atoms with Crippen LogP contribution in [-0.2, 0) is 0 Å². The van der Waals surface area contributed by atoms with Gasteiger partial charge in [-0.2, -0.15) is 0 Å². The van der Waals surface area contributed by atoms with Crippen LogP contribution in [0.2, 0.25) is 0 Å². The van der Waals surface area contributed by atoms with Crippen LogP contribution in [0, 0.1) is 5.92 Å². The van der Waals surface area contributed by atoms with E-state index in [2.05, 4.69) is 36.8 Å². The van der Waals surface area contributed by atoms with E-state index in [0.717, 1.165) is 49.0 Å². The van der Waals surface area contributed by atoms with Crippen LogP contribution in [0.3, 0.4) is 0 Å². The molecule has 0 spiro atoms. The fraction of sp³-hybridized carbons (Fsp3) is 0.688. The maximum absolute atomic E-state index is 12.1. The molecule has 2 heterocycles. The van der Waals surface area contributed by atoms with Crippen molar-refractivity contribution < 1.29 is 0 Å². The van der Waals surface area contributed by atoms with Gasteiger partial charge in [0.25, 0.3) is 0 Å². The van der Waals surface area contributed by atoms with Gasteiger partial charge >= 0.3 is 5.69 Å². The molecule has 21 heavy (non-hydrogen) atoms. The number of halogens is 1. The van der Waals surface area contributed by atoms with E-state index in [1.807, 2.05) is 4.57 Å². The summed E-state index contributed by atoms with van der Waals surface area (Å²) in [5, 5.41) is 5.11. The van der Waals surface area contributed by atoms with Gasteiger partial charge in [0.05, 0.1) is 10.7 Å². The van der Waals surface area contributed by atoms with E-state index in [1.54, 1.807) is 0 Å². The van der Waals surface area contributed by atoms with Crippen molar-refractivity contribution in [2.24, 2.45) is 5.92 Å². The number of H-pyrrole nitrogens is 1. The normalized spacial score (nSPS) is 18.5. The highest BCUT2D eigenvalue weighted by molar-refractivity contribution is 5.85. The Hall–Kier alpha value is -1.00. The minimum Gasteiger partial charge on any atom is -0.317 e. The number of aromatic amines is 1. The van der Waals surface area contributed by atoms with Crippen LogP contribution in [0.5, 0.6) is 0 Å². The Kier molecular flexibility index (Phi) is 7.26. The smallest absolute Gasteiger partial charge is 0.317 e. The summed E-state index contributed by atoms with van der Waals surface area (Å²) < 4.78 is 1.93. The van der Waals surface area contributed by atoms with Gasteiger partial charge in [-0.05, 0) is 44.7 Å². The Morgan fingerprint density at radius 3 is 2.71 bits per heavy atom. The van der Waals surface area contributed by atoms with Crippen molar-refractivity contribution in [3.8, 4) is 0 Å². The van der Waals surface area contributed by atoms with E-state index in [1.165, 1.54) is 12.8 Å². The van der Waals surface area contributed by atoms with Gasteiger partial charge < -0.3 is 10.3 Å². The first-order valence-corrected chi connectivity index (χ1v) is 7.83. The minimum atomic E-state index is -0.00306. The molecule has 0 radical (unpaired) electrons. The maximum Gasteiger partial charge on any atom is 0.326 e. The first kappa shape index (κ1) is 18.1. The predicted molar refractivity (Wildman–Crippen MR) is 91.4 cm³/mol. The van der Waals surface area contributed by atoms with E-state index in [9.17, 15) is 4.79 Å². The molecule has 1 saturated heterocycles. The molecule has 120 valence electrons. The summed E-state index contributed by atoms with van der Waals surface area (Å²) in [6.07, 6.45) is 7.61. The van der Waals surface area contributed by atoms with Crippen molar-refractivity contribution in [1.82, 2.24) is 14.9 Å². The van der Waals surface area contributed by atoms with Crippen molar-refractivity contribution in [3.63, 3.8) is 0 Å². The number of nitrogens with zero attached hydrogens (tertiary/aromatic N) is 1. The van der Waals surface area contributed by atoms with E-state index < -0.39 is 0 Å². The van der Waals surface area contributed by atoms with Crippen molar-refractivity contribution in [2.75, 3.05) is 13.1 Å². The second kappa shape index (κ2) is 8.44. The Bertz CT molecular complexity index is 584. The first-order chi connectivity index (χ1) is 9.63. The standard InChI is InChI=1S/C16H27N3O.ClH/c1-4-12(2)6-5-7-15-13(3)18-16(20)19(15)14-8-10-17-11-9-14;/h7,12,14,17H,3-6,8-11H2,1-2H3,(H,18,20);1H/b15-7+;. The Balaban J connectivity index is 0.00000220. The van der Waals surface area contributed by atoms with Crippen LogP contribution in [-0.4, -0.2) is 22.6 Å². The van der Waals surface area contributed by atoms with Crippen LogP contribution in [0.4, 0.5) is 0 Å². The van der Waals surface area contributed by atoms with Crippen LogP contribution >= 0.6 is 12.4 Å². The van der Waals surface area contributed by atoms with Gasteiger partial charge in [-0.15, -0.1) is 12.4 Å². The zero-order valence-corrected chi connectivity index (χ0v) is 14.0. The van der Waals surface area contributed by atoms with Gasteiger partial charge in [0.15, 0.2) is 0 Å². The molecule has 1 unspecified atom stereocenters. The van der Waals surface area contributed by atoms with Gasteiger partial charge in [-0.1, -0.05) is 32.9 Å². The molecule has 0 amide bonds. The molecule has 2 rings (SSSR count). The Labute approximate surface area is 132 Å². The average Bonchev–Trinajstić information content (AvgIpc) is 2.74. The molecule has 1 atom stereocenters. The lowest BCUT2D eigenvalue weighted by Gasteiger charge is -2.23. The zero-order valence-electron chi connectivity index (χ0n) is 13.2. The lowest BCUT2D eigenvalue weighted by molar-refractivity contribution is 0.356. The van der Waals surface area contributed by atoms with Crippen molar-refractivity contribution in [3.05, 3.63) is 21.2 Å². The molecule has 5 heteroatoms. The number of imidazole rings is 1. The number of rotatable bonds is 5. The molecule has 0 aliphatic carbocycles. The molecule has 1 fully saturated rings. The summed E-state index contributed by atoms with van der Waals surface area (Å²) in [7, 11) is 0. The monoisotopic (exact) mass is 313 g/mol.